The molecular formula is C24H25N3O6S2. The molecule has 3 aromatic carbocycles. The van der Waals surface area contributed by atoms with Crippen molar-refractivity contribution in [2.24, 2.45) is 5.14 Å². The smallest absolute Gasteiger partial charge is 0.252 e. The van der Waals surface area contributed by atoms with E-state index in [1.165, 1.54) is 30.3 Å². The van der Waals surface area contributed by atoms with E-state index in [9.17, 15) is 26.4 Å². The van der Waals surface area contributed by atoms with Crippen molar-refractivity contribution < 1.29 is 26.4 Å². The van der Waals surface area contributed by atoms with Gasteiger partial charge >= 0.3 is 0 Å². The molecule has 2 amide bonds. The highest BCUT2D eigenvalue weighted by Gasteiger charge is 2.50. The average molecular weight is 516 g/mol. The first-order chi connectivity index (χ1) is 16.2. The van der Waals surface area contributed by atoms with E-state index >= 15 is 0 Å². The third-order valence-electron chi connectivity index (χ3n) is 5.77. The van der Waals surface area contributed by atoms with E-state index < -0.39 is 43.4 Å². The van der Waals surface area contributed by atoms with E-state index in [1.54, 1.807) is 45.0 Å². The highest BCUT2D eigenvalue weighted by Crippen LogP contribution is 2.35. The zero-order chi connectivity index (χ0) is 25.8. The minimum absolute atomic E-state index is 0.0160. The first-order valence-corrected chi connectivity index (χ1v) is 13.7. The summed E-state index contributed by atoms with van der Waals surface area (Å²) in [6.07, 6.45) is -0.347. The Kier molecular flexibility index (Phi) is 6.08. The molecular weight excluding hydrogens is 490 g/mol. The fraction of sp³-hybridized carbons (Fsp3) is 0.250. The quantitative estimate of drug-likeness (QED) is 0.519. The lowest BCUT2D eigenvalue weighted by molar-refractivity contribution is -0.122. The summed E-state index contributed by atoms with van der Waals surface area (Å²) >= 11 is 0. The summed E-state index contributed by atoms with van der Waals surface area (Å²) in [5, 5.41) is 6.71. The minimum Gasteiger partial charge on any atom is -0.274 e. The van der Waals surface area contributed by atoms with Crippen LogP contribution in [0.4, 0.5) is 5.69 Å². The van der Waals surface area contributed by atoms with Crippen LogP contribution in [0, 0.1) is 0 Å². The van der Waals surface area contributed by atoms with Gasteiger partial charge in [0.05, 0.1) is 21.9 Å². The molecule has 184 valence electrons. The van der Waals surface area contributed by atoms with Crippen molar-refractivity contribution in [2.75, 3.05) is 4.90 Å². The molecule has 1 atom stereocenters. The topological polar surface area (TPSA) is 135 Å². The maximum Gasteiger partial charge on any atom is 0.252 e. The highest BCUT2D eigenvalue weighted by atomic mass is 32.2. The van der Waals surface area contributed by atoms with E-state index in [-0.39, 0.29) is 21.9 Å². The third kappa shape index (κ3) is 4.59. The van der Waals surface area contributed by atoms with Crippen molar-refractivity contribution in [2.45, 2.75) is 48.6 Å². The molecule has 2 N–H and O–H groups in total. The van der Waals surface area contributed by atoms with Gasteiger partial charge in [0, 0.05) is 5.54 Å². The Labute approximate surface area is 204 Å². The van der Waals surface area contributed by atoms with Gasteiger partial charge < -0.3 is 0 Å². The van der Waals surface area contributed by atoms with Gasteiger partial charge in [-0.3, -0.25) is 9.59 Å². The standard InChI is InChI=1S/C24H25N3O6S2/c1-24(2,3)27(35(32,33)20-11-8-16-6-4-5-7-17(16)14-20)21-15-22(28)26(23(21)29)18-9-12-19(13-10-18)34(25,30)31/h4-14,21H,15H2,1-3H3,(H2,25,30,31). The number of carbonyl (C=O) groups is 2. The second kappa shape index (κ2) is 8.52. The van der Waals surface area contributed by atoms with E-state index in [0.717, 1.165) is 20.0 Å². The van der Waals surface area contributed by atoms with Crippen LogP contribution in [0.1, 0.15) is 27.2 Å². The number of fused-ring (bicyclic) bond motifs is 1. The van der Waals surface area contributed by atoms with Crippen LogP contribution in [-0.4, -0.2) is 44.5 Å². The number of benzene rings is 3. The molecule has 1 aliphatic heterocycles. The fourth-order valence-corrected chi connectivity index (χ4v) is 6.77. The normalized spacial score (nSPS) is 17.5. The van der Waals surface area contributed by atoms with Gasteiger partial charge in [0.2, 0.25) is 26.0 Å². The summed E-state index contributed by atoms with van der Waals surface area (Å²) in [7, 11) is -8.14. The molecule has 0 aromatic heterocycles. The van der Waals surface area contributed by atoms with Crippen LogP contribution in [-0.2, 0) is 29.6 Å². The van der Waals surface area contributed by atoms with Gasteiger partial charge in [-0.2, -0.15) is 4.31 Å². The predicted molar refractivity (Wildman–Crippen MR) is 131 cm³/mol. The van der Waals surface area contributed by atoms with Gasteiger partial charge in [0.25, 0.3) is 5.91 Å². The van der Waals surface area contributed by atoms with Crippen LogP contribution >= 0.6 is 0 Å². The van der Waals surface area contributed by atoms with Gasteiger partial charge in [0.15, 0.2) is 0 Å². The number of anilines is 1. The zero-order valence-electron chi connectivity index (χ0n) is 19.4. The van der Waals surface area contributed by atoms with Crippen molar-refractivity contribution in [3.63, 3.8) is 0 Å². The monoisotopic (exact) mass is 515 g/mol. The van der Waals surface area contributed by atoms with E-state index in [0.29, 0.717) is 0 Å². The number of sulfonamides is 2. The third-order valence-corrected chi connectivity index (χ3v) is 8.87. The Morgan fingerprint density at radius 2 is 1.43 bits per heavy atom. The van der Waals surface area contributed by atoms with Crippen molar-refractivity contribution in [1.82, 2.24) is 4.31 Å². The number of primary sulfonamides is 1. The summed E-state index contributed by atoms with van der Waals surface area (Å²) in [5.74, 6) is -1.30. The van der Waals surface area contributed by atoms with Crippen LogP contribution in [0.25, 0.3) is 10.8 Å². The summed E-state index contributed by atoms with van der Waals surface area (Å²) in [4.78, 5) is 27.0. The molecule has 35 heavy (non-hydrogen) atoms. The lowest BCUT2D eigenvalue weighted by Gasteiger charge is -2.37. The minimum atomic E-state index is -4.18. The Morgan fingerprint density at radius 3 is 2.00 bits per heavy atom. The molecule has 0 aliphatic carbocycles. The number of nitrogens with zero attached hydrogens (tertiary/aromatic N) is 2. The second-order valence-electron chi connectivity index (χ2n) is 9.31. The number of carbonyl (C=O) groups excluding carboxylic acids is 2. The molecule has 1 unspecified atom stereocenters. The number of amides is 2. The molecule has 11 heteroatoms. The maximum atomic E-state index is 13.8. The lowest BCUT2D eigenvalue weighted by atomic mass is 10.1. The van der Waals surface area contributed by atoms with Crippen LogP contribution in [0.3, 0.4) is 0 Å². The number of hydrogen-bond acceptors (Lipinski definition) is 6. The average Bonchev–Trinajstić information content (AvgIpc) is 3.05. The number of rotatable bonds is 5. The summed E-state index contributed by atoms with van der Waals surface area (Å²) < 4.78 is 51.8. The number of nitrogens with two attached hydrogens (primary N) is 1. The van der Waals surface area contributed by atoms with Crippen molar-refractivity contribution in [1.29, 1.82) is 0 Å². The van der Waals surface area contributed by atoms with E-state index in [1.807, 2.05) is 12.1 Å². The summed E-state index contributed by atoms with van der Waals surface area (Å²) in [6, 6.07) is 15.7. The molecule has 0 radical (unpaired) electrons. The molecule has 9 nitrogen and oxygen atoms in total. The van der Waals surface area contributed by atoms with Gasteiger partial charge in [-0.05, 0) is 67.9 Å². The largest absolute Gasteiger partial charge is 0.274 e. The molecule has 1 heterocycles. The van der Waals surface area contributed by atoms with E-state index in [2.05, 4.69) is 0 Å². The Bertz CT molecular complexity index is 1540. The van der Waals surface area contributed by atoms with Crippen LogP contribution < -0.4 is 10.0 Å². The summed E-state index contributed by atoms with van der Waals surface area (Å²) in [6.45, 7) is 4.98. The van der Waals surface area contributed by atoms with Crippen molar-refractivity contribution in [3.8, 4) is 0 Å². The number of imide groups is 1. The van der Waals surface area contributed by atoms with Crippen LogP contribution in [0.2, 0.25) is 0 Å². The van der Waals surface area contributed by atoms with Crippen molar-refractivity contribution in [3.05, 3.63) is 66.7 Å². The Morgan fingerprint density at radius 1 is 0.857 bits per heavy atom. The van der Waals surface area contributed by atoms with Crippen LogP contribution in [0.15, 0.2) is 76.5 Å². The molecule has 1 fully saturated rings. The van der Waals surface area contributed by atoms with Crippen molar-refractivity contribution >= 4 is 48.3 Å². The molecule has 0 spiro atoms. The second-order valence-corrected chi connectivity index (χ2v) is 12.7. The molecule has 0 bridgehead atoms. The van der Waals surface area contributed by atoms with Gasteiger partial charge in [-0.1, -0.05) is 30.3 Å². The SMILES string of the molecule is CC(C)(C)N(C1CC(=O)N(c2ccc(S(N)(=O)=O)cc2)C1=O)S(=O)(=O)c1ccc2ccccc2c1. The first kappa shape index (κ1) is 25.0. The van der Waals surface area contributed by atoms with Gasteiger partial charge in [0.1, 0.15) is 6.04 Å². The zero-order valence-corrected chi connectivity index (χ0v) is 21.0. The van der Waals surface area contributed by atoms with Gasteiger partial charge in [-0.25, -0.2) is 26.9 Å². The predicted octanol–water partition coefficient (Wildman–Crippen LogP) is 2.61. The molecule has 3 aromatic rings. The maximum absolute atomic E-state index is 13.8. The Hall–Kier alpha value is -3.12. The Balaban J connectivity index is 1.74. The van der Waals surface area contributed by atoms with E-state index in [4.69, 9.17) is 5.14 Å². The fourth-order valence-electron chi connectivity index (χ4n) is 4.29. The number of hydrogen-bond donors (Lipinski definition) is 1. The van der Waals surface area contributed by atoms with Crippen LogP contribution in [0.5, 0.6) is 0 Å². The highest BCUT2D eigenvalue weighted by molar-refractivity contribution is 7.89. The first-order valence-electron chi connectivity index (χ1n) is 10.7. The molecule has 1 saturated heterocycles. The van der Waals surface area contributed by atoms with Gasteiger partial charge in [-0.15, -0.1) is 0 Å². The molecule has 1 aliphatic rings. The lowest BCUT2D eigenvalue weighted by Crippen LogP contribution is -2.54. The molecule has 4 rings (SSSR count). The summed E-state index contributed by atoms with van der Waals surface area (Å²) in [5.41, 5.74) is -0.898. The molecule has 0 saturated carbocycles.